The largest absolute Gasteiger partial charge is 0.385 e. The van der Waals surface area contributed by atoms with Crippen molar-refractivity contribution in [2.45, 2.75) is 25.0 Å². The molecule has 2 aromatic carbocycles. The van der Waals surface area contributed by atoms with E-state index in [-0.39, 0.29) is 5.82 Å². The molecule has 5 heteroatoms. The van der Waals surface area contributed by atoms with Gasteiger partial charge in [-0.1, -0.05) is 34.1 Å². The summed E-state index contributed by atoms with van der Waals surface area (Å²) >= 11 is 6.67. The zero-order chi connectivity index (χ0) is 16.4. The van der Waals surface area contributed by atoms with Crippen LogP contribution in [-0.2, 0) is 12.1 Å². The van der Waals surface area contributed by atoms with Crippen LogP contribution in [0.25, 0.3) is 0 Å². The SMILES string of the molecule is OC1(c2ccc(Br)cc2)CC[NH+](Cc2ccc(F)c(Br)c2)CC1. The smallest absolute Gasteiger partial charge is 0.137 e. The monoisotopic (exact) mass is 442 g/mol. The summed E-state index contributed by atoms with van der Waals surface area (Å²) in [6, 6.07) is 13.1. The van der Waals surface area contributed by atoms with Crippen LogP contribution in [0.1, 0.15) is 24.0 Å². The Labute approximate surface area is 152 Å². The van der Waals surface area contributed by atoms with Crippen molar-refractivity contribution in [3.63, 3.8) is 0 Å². The van der Waals surface area contributed by atoms with Gasteiger partial charge in [-0.3, -0.25) is 0 Å². The van der Waals surface area contributed by atoms with Crippen LogP contribution < -0.4 is 4.90 Å². The van der Waals surface area contributed by atoms with Gasteiger partial charge in [-0.15, -0.1) is 0 Å². The predicted molar refractivity (Wildman–Crippen MR) is 95.8 cm³/mol. The summed E-state index contributed by atoms with van der Waals surface area (Å²) in [4.78, 5) is 1.42. The number of rotatable bonds is 3. The second kappa shape index (κ2) is 7.01. The molecule has 0 bridgehead atoms. The topological polar surface area (TPSA) is 24.7 Å². The number of aliphatic hydroxyl groups is 1. The molecule has 122 valence electrons. The fourth-order valence-electron chi connectivity index (χ4n) is 3.18. The minimum atomic E-state index is -0.729. The zero-order valence-corrected chi connectivity index (χ0v) is 15.8. The lowest BCUT2D eigenvalue weighted by atomic mass is 9.84. The molecule has 0 radical (unpaired) electrons. The second-order valence-corrected chi connectivity index (χ2v) is 7.98. The molecule has 1 fully saturated rings. The minimum Gasteiger partial charge on any atom is -0.385 e. The Morgan fingerprint density at radius 3 is 2.30 bits per heavy atom. The number of hydrogen-bond acceptors (Lipinski definition) is 1. The molecule has 1 aliphatic rings. The fourth-order valence-corrected chi connectivity index (χ4v) is 3.87. The first kappa shape index (κ1) is 17.1. The van der Waals surface area contributed by atoms with Gasteiger partial charge < -0.3 is 10.0 Å². The Balaban J connectivity index is 1.63. The van der Waals surface area contributed by atoms with E-state index in [0.717, 1.165) is 48.1 Å². The van der Waals surface area contributed by atoms with E-state index < -0.39 is 5.60 Å². The summed E-state index contributed by atoms with van der Waals surface area (Å²) in [5, 5.41) is 10.9. The third-order valence-corrected chi connectivity index (χ3v) is 5.74. The maximum absolute atomic E-state index is 13.3. The van der Waals surface area contributed by atoms with Gasteiger partial charge in [-0.05, 0) is 45.8 Å². The van der Waals surface area contributed by atoms with Crippen LogP contribution in [-0.4, -0.2) is 18.2 Å². The van der Waals surface area contributed by atoms with Gasteiger partial charge in [0.05, 0.1) is 17.6 Å². The van der Waals surface area contributed by atoms with Gasteiger partial charge in [0.25, 0.3) is 0 Å². The summed E-state index contributed by atoms with van der Waals surface area (Å²) in [6.07, 6.45) is 1.48. The van der Waals surface area contributed by atoms with E-state index in [1.165, 1.54) is 11.0 Å². The van der Waals surface area contributed by atoms with Gasteiger partial charge >= 0.3 is 0 Å². The Morgan fingerprint density at radius 2 is 1.70 bits per heavy atom. The van der Waals surface area contributed by atoms with E-state index in [9.17, 15) is 9.50 Å². The number of nitrogens with one attached hydrogen (secondary N) is 1. The van der Waals surface area contributed by atoms with E-state index in [1.54, 1.807) is 0 Å². The highest BCUT2D eigenvalue weighted by Crippen LogP contribution is 2.30. The molecule has 1 saturated heterocycles. The van der Waals surface area contributed by atoms with Crippen LogP contribution in [0.15, 0.2) is 51.4 Å². The molecule has 0 aromatic heterocycles. The molecule has 0 spiro atoms. The Kier molecular flexibility index (Phi) is 5.21. The van der Waals surface area contributed by atoms with Crippen molar-refractivity contribution in [1.29, 1.82) is 0 Å². The third-order valence-electron chi connectivity index (χ3n) is 4.60. The summed E-state index contributed by atoms with van der Waals surface area (Å²) in [6.45, 7) is 2.67. The molecule has 2 aromatic rings. The number of benzene rings is 2. The number of quaternary nitrogens is 1. The van der Waals surface area contributed by atoms with Crippen LogP contribution in [0, 0.1) is 5.82 Å². The highest BCUT2D eigenvalue weighted by atomic mass is 79.9. The van der Waals surface area contributed by atoms with Gasteiger partial charge in [0.15, 0.2) is 0 Å². The van der Waals surface area contributed by atoms with Gasteiger partial charge in [-0.2, -0.15) is 0 Å². The minimum absolute atomic E-state index is 0.230. The van der Waals surface area contributed by atoms with E-state index in [0.29, 0.717) is 4.47 Å². The molecule has 0 unspecified atom stereocenters. The number of piperidine rings is 1. The van der Waals surface area contributed by atoms with Gasteiger partial charge in [-0.25, -0.2) is 4.39 Å². The Morgan fingerprint density at radius 1 is 1.04 bits per heavy atom. The normalized spacial score (nSPS) is 24.6. The van der Waals surface area contributed by atoms with Crippen molar-refractivity contribution in [2.24, 2.45) is 0 Å². The zero-order valence-electron chi connectivity index (χ0n) is 12.7. The third kappa shape index (κ3) is 4.02. The molecule has 1 heterocycles. The summed E-state index contributed by atoms with van der Waals surface area (Å²) in [7, 11) is 0. The summed E-state index contributed by atoms with van der Waals surface area (Å²) in [5.41, 5.74) is 1.37. The van der Waals surface area contributed by atoms with Crippen molar-refractivity contribution in [3.8, 4) is 0 Å². The molecule has 23 heavy (non-hydrogen) atoms. The fraction of sp³-hybridized carbons (Fsp3) is 0.333. The maximum atomic E-state index is 13.3. The van der Waals surface area contributed by atoms with E-state index in [4.69, 9.17) is 0 Å². The molecule has 1 aliphatic heterocycles. The number of hydrogen-bond donors (Lipinski definition) is 2. The lowest BCUT2D eigenvalue weighted by molar-refractivity contribution is -0.921. The van der Waals surface area contributed by atoms with Gasteiger partial charge in [0.2, 0.25) is 0 Å². The van der Waals surface area contributed by atoms with E-state index in [1.807, 2.05) is 36.4 Å². The molecule has 2 N–H and O–H groups in total. The van der Waals surface area contributed by atoms with E-state index in [2.05, 4.69) is 31.9 Å². The van der Waals surface area contributed by atoms with Crippen molar-refractivity contribution in [2.75, 3.05) is 13.1 Å². The average molecular weight is 444 g/mol. The second-order valence-electron chi connectivity index (χ2n) is 6.21. The predicted octanol–water partition coefficient (Wildman–Crippen LogP) is 3.42. The van der Waals surface area contributed by atoms with Crippen LogP contribution in [0.2, 0.25) is 0 Å². The summed E-state index contributed by atoms with van der Waals surface area (Å²) in [5.74, 6) is -0.230. The summed E-state index contributed by atoms with van der Waals surface area (Å²) < 4.78 is 14.8. The molecular formula is C18H19Br2FNO+. The lowest BCUT2D eigenvalue weighted by Crippen LogP contribution is -3.12. The molecule has 0 atom stereocenters. The molecular weight excluding hydrogens is 425 g/mol. The lowest BCUT2D eigenvalue weighted by Gasteiger charge is -2.36. The first-order valence-electron chi connectivity index (χ1n) is 7.72. The molecule has 0 amide bonds. The standard InChI is InChI=1S/C18H18Br2FNO/c19-15-4-2-14(3-5-15)18(23)7-9-22(10-8-18)12-13-1-6-17(21)16(20)11-13/h1-6,11,23H,7-10,12H2/p+1. The Bertz CT molecular complexity index is 682. The first-order valence-corrected chi connectivity index (χ1v) is 9.31. The highest BCUT2D eigenvalue weighted by molar-refractivity contribution is 9.10. The quantitative estimate of drug-likeness (QED) is 0.746. The van der Waals surface area contributed by atoms with Crippen LogP contribution >= 0.6 is 31.9 Å². The van der Waals surface area contributed by atoms with Crippen LogP contribution in [0.4, 0.5) is 4.39 Å². The molecule has 0 aliphatic carbocycles. The van der Waals surface area contributed by atoms with E-state index >= 15 is 0 Å². The van der Waals surface area contributed by atoms with Crippen molar-refractivity contribution in [3.05, 3.63) is 68.4 Å². The number of likely N-dealkylation sites (tertiary alicyclic amines) is 1. The van der Waals surface area contributed by atoms with Crippen LogP contribution in [0.3, 0.4) is 0 Å². The van der Waals surface area contributed by atoms with Gasteiger partial charge in [0.1, 0.15) is 18.0 Å². The average Bonchev–Trinajstić information content (AvgIpc) is 2.54. The number of halogens is 3. The highest BCUT2D eigenvalue weighted by Gasteiger charge is 2.36. The molecule has 3 rings (SSSR count). The Hall–Kier alpha value is -0.750. The molecule has 2 nitrogen and oxygen atoms in total. The molecule has 0 saturated carbocycles. The van der Waals surface area contributed by atoms with Crippen molar-refractivity contribution < 1.29 is 14.4 Å². The maximum Gasteiger partial charge on any atom is 0.137 e. The van der Waals surface area contributed by atoms with Gasteiger partial charge in [0, 0.05) is 22.9 Å². The van der Waals surface area contributed by atoms with Crippen molar-refractivity contribution >= 4 is 31.9 Å². The van der Waals surface area contributed by atoms with Crippen molar-refractivity contribution in [1.82, 2.24) is 0 Å². The first-order chi connectivity index (χ1) is 11.0. The van der Waals surface area contributed by atoms with Crippen LogP contribution in [0.5, 0.6) is 0 Å².